The summed E-state index contributed by atoms with van der Waals surface area (Å²) in [5.41, 5.74) is 0.154. The van der Waals surface area contributed by atoms with E-state index in [0.717, 1.165) is 22.5 Å². The number of aliphatic hydroxyl groups is 1. The molecule has 1 aromatic carbocycles. The molecule has 19 heavy (non-hydrogen) atoms. The molecule has 1 rings (SSSR count). The zero-order valence-electron chi connectivity index (χ0n) is 11.0. The molecule has 0 radical (unpaired) electrons. The van der Waals surface area contributed by atoms with Crippen LogP contribution < -0.4 is 5.32 Å². The summed E-state index contributed by atoms with van der Waals surface area (Å²) in [6, 6.07) is 3.53. The van der Waals surface area contributed by atoms with Crippen molar-refractivity contribution in [2.75, 3.05) is 6.54 Å². The fourth-order valence-corrected chi connectivity index (χ4v) is 1.91. The first-order chi connectivity index (χ1) is 8.65. The molecule has 5 nitrogen and oxygen atoms in total. The minimum atomic E-state index is -1.98. The maximum absolute atomic E-state index is 12.0. The number of aliphatic carboxylic acids is 1. The van der Waals surface area contributed by atoms with Gasteiger partial charge in [-0.05, 0) is 44.0 Å². The lowest BCUT2D eigenvalue weighted by atomic mass is 10.0. The van der Waals surface area contributed by atoms with Crippen LogP contribution in [0.5, 0.6) is 0 Å². The molecule has 3 N–H and O–H groups in total. The van der Waals surface area contributed by atoms with E-state index in [0.29, 0.717) is 5.56 Å². The van der Waals surface area contributed by atoms with E-state index < -0.39 is 17.5 Å². The molecule has 0 saturated heterocycles. The normalized spacial score (nSPS) is 13.7. The van der Waals surface area contributed by atoms with E-state index in [-0.39, 0.29) is 6.54 Å². The minimum Gasteiger partial charge on any atom is -0.479 e. The van der Waals surface area contributed by atoms with Crippen LogP contribution in [0, 0.1) is 13.8 Å². The smallest absolute Gasteiger partial charge is 0.337 e. The summed E-state index contributed by atoms with van der Waals surface area (Å²) in [5.74, 6) is -1.79. The van der Waals surface area contributed by atoms with Gasteiger partial charge in [0.2, 0.25) is 0 Å². The van der Waals surface area contributed by atoms with Gasteiger partial charge in [-0.15, -0.1) is 0 Å². The summed E-state index contributed by atoms with van der Waals surface area (Å²) in [7, 11) is 0. The highest BCUT2D eigenvalue weighted by atomic mass is 79.9. The molecule has 1 aromatic rings. The first-order valence-corrected chi connectivity index (χ1v) is 6.45. The fraction of sp³-hybridized carbons (Fsp3) is 0.385. The molecule has 0 saturated carbocycles. The predicted octanol–water partition coefficient (Wildman–Crippen LogP) is 1.63. The monoisotopic (exact) mass is 329 g/mol. The average Bonchev–Trinajstić information content (AvgIpc) is 2.30. The highest BCUT2D eigenvalue weighted by molar-refractivity contribution is 9.10. The van der Waals surface area contributed by atoms with Gasteiger partial charge < -0.3 is 15.5 Å². The zero-order chi connectivity index (χ0) is 14.8. The summed E-state index contributed by atoms with van der Waals surface area (Å²) >= 11 is 3.37. The largest absolute Gasteiger partial charge is 0.479 e. The van der Waals surface area contributed by atoms with Crippen LogP contribution in [0.1, 0.15) is 28.4 Å². The lowest BCUT2D eigenvalue weighted by Crippen LogP contribution is -2.46. The van der Waals surface area contributed by atoms with Crippen LogP contribution in [-0.4, -0.2) is 34.2 Å². The lowest BCUT2D eigenvalue weighted by Gasteiger charge is -2.19. The molecule has 0 aliphatic rings. The number of amides is 1. The number of carbonyl (C=O) groups is 2. The van der Waals surface area contributed by atoms with Crippen molar-refractivity contribution in [1.29, 1.82) is 0 Å². The average molecular weight is 330 g/mol. The highest BCUT2D eigenvalue weighted by Crippen LogP contribution is 2.21. The molecule has 0 aliphatic carbocycles. The number of hydrogen-bond acceptors (Lipinski definition) is 3. The van der Waals surface area contributed by atoms with Crippen molar-refractivity contribution in [3.05, 3.63) is 33.3 Å². The Bertz CT molecular complexity index is 526. The fourth-order valence-electron chi connectivity index (χ4n) is 1.45. The van der Waals surface area contributed by atoms with Gasteiger partial charge in [-0.1, -0.05) is 15.9 Å². The maximum atomic E-state index is 12.0. The van der Waals surface area contributed by atoms with Crippen LogP contribution in [-0.2, 0) is 4.79 Å². The van der Waals surface area contributed by atoms with Gasteiger partial charge in [-0.25, -0.2) is 4.79 Å². The Hall–Kier alpha value is -1.40. The molecule has 6 heteroatoms. The number of carboxylic acid groups (broad SMARTS) is 1. The molecule has 0 heterocycles. The van der Waals surface area contributed by atoms with Gasteiger partial charge in [0.15, 0.2) is 5.60 Å². The predicted molar refractivity (Wildman–Crippen MR) is 74.2 cm³/mol. The molecule has 0 bridgehead atoms. The number of carbonyl (C=O) groups excluding carboxylic acids is 1. The molecule has 1 unspecified atom stereocenters. The summed E-state index contributed by atoms with van der Waals surface area (Å²) in [6.45, 7) is 4.42. The van der Waals surface area contributed by atoms with E-state index in [4.69, 9.17) is 5.11 Å². The SMILES string of the molecule is Cc1cc(C(=O)NCC(C)(O)C(=O)O)c(C)cc1Br. The van der Waals surface area contributed by atoms with Gasteiger partial charge in [-0.2, -0.15) is 0 Å². The van der Waals surface area contributed by atoms with Crippen molar-refractivity contribution in [2.24, 2.45) is 0 Å². The number of benzene rings is 1. The van der Waals surface area contributed by atoms with Crippen molar-refractivity contribution >= 4 is 27.8 Å². The topological polar surface area (TPSA) is 86.6 Å². The molecule has 0 aromatic heterocycles. The second-order valence-corrected chi connectivity index (χ2v) is 5.53. The van der Waals surface area contributed by atoms with Crippen molar-refractivity contribution < 1.29 is 19.8 Å². The molecule has 1 amide bonds. The number of aryl methyl sites for hydroxylation is 2. The van der Waals surface area contributed by atoms with Gasteiger partial charge in [0.1, 0.15) is 0 Å². The van der Waals surface area contributed by atoms with Gasteiger partial charge in [-0.3, -0.25) is 4.79 Å². The van der Waals surface area contributed by atoms with Crippen LogP contribution in [0.2, 0.25) is 0 Å². The quantitative estimate of drug-likeness (QED) is 0.783. The molecule has 0 aliphatic heterocycles. The summed E-state index contributed by atoms with van der Waals surface area (Å²) in [5, 5.41) is 20.7. The van der Waals surface area contributed by atoms with Gasteiger partial charge >= 0.3 is 5.97 Å². The third kappa shape index (κ3) is 3.78. The van der Waals surface area contributed by atoms with E-state index in [2.05, 4.69) is 21.2 Å². The number of hydrogen-bond donors (Lipinski definition) is 3. The van der Waals surface area contributed by atoms with E-state index in [1.54, 1.807) is 13.0 Å². The second kappa shape index (κ2) is 5.71. The van der Waals surface area contributed by atoms with Crippen LogP contribution in [0.25, 0.3) is 0 Å². The lowest BCUT2D eigenvalue weighted by molar-refractivity contribution is -0.155. The van der Waals surface area contributed by atoms with Crippen LogP contribution in [0.15, 0.2) is 16.6 Å². The van der Waals surface area contributed by atoms with Gasteiger partial charge in [0, 0.05) is 10.0 Å². The Kier molecular flexibility index (Phi) is 4.70. The third-order valence-corrected chi connectivity index (χ3v) is 3.66. The molecular formula is C13H16BrNO4. The van der Waals surface area contributed by atoms with Crippen molar-refractivity contribution in [3.8, 4) is 0 Å². The molecule has 0 fully saturated rings. The minimum absolute atomic E-state index is 0.351. The third-order valence-electron chi connectivity index (χ3n) is 2.80. The maximum Gasteiger partial charge on any atom is 0.337 e. The Morgan fingerprint density at radius 3 is 2.42 bits per heavy atom. The highest BCUT2D eigenvalue weighted by Gasteiger charge is 2.30. The van der Waals surface area contributed by atoms with E-state index in [1.807, 2.05) is 13.0 Å². The molecular weight excluding hydrogens is 314 g/mol. The standard InChI is InChI=1S/C13H16BrNO4/c1-7-5-10(14)8(2)4-9(7)11(16)15-6-13(3,19)12(17)18/h4-5,19H,6H2,1-3H3,(H,15,16)(H,17,18). The van der Waals surface area contributed by atoms with Crippen molar-refractivity contribution in [2.45, 2.75) is 26.4 Å². The molecule has 1 atom stereocenters. The summed E-state index contributed by atoms with van der Waals surface area (Å²) < 4.78 is 0.902. The first kappa shape index (κ1) is 15.7. The second-order valence-electron chi connectivity index (χ2n) is 4.68. The number of nitrogens with one attached hydrogen (secondary N) is 1. The van der Waals surface area contributed by atoms with Crippen LogP contribution in [0.3, 0.4) is 0 Å². The number of rotatable bonds is 4. The van der Waals surface area contributed by atoms with Crippen LogP contribution in [0.4, 0.5) is 0 Å². The van der Waals surface area contributed by atoms with E-state index in [9.17, 15) is 14.7 Å². The van der Waals surface area contributed by atoms with E-state index in [1.165, 1.54) is 0 Å². The zero-order valence-corrected chi connectivity index (χ0v) is 12.5. The summed E-state index contributed by atoms with van der Waals surface area (Å²) in [4.78, 5) is 22.7. The Labute approximate surface area is 119 Å². The van der Waals surface area contributed by atoms with Crippen LogP contribution >= 0.6 is 15.9 Å². The van der Waals surface area contributed by atoms with Gasteiger partial charge in [0.05, 0.1) is 6.54 Å². The Balaban J connectivity index is 2.86. The first-order valence-electron chi connectivity index (χ1n) is 5.66. The molecule has 104 valence electrons. The Morgan fingerprint density at radius 1 is 1.32 bits per heavy atom. The van der Waals surface area contributed by atoms with Gasteiger partial charge in [0.25, 0.3) is 5.91 Å². The Morgan fingerprint density at radius 2 is 1.89 bits per heavy atom. The number of halogens is 1. The summed E-state index contributed by atoms with van der Waals surface area (Å²) in [6.07, 6.45) is 0. The van der Waals surface area contributed by atoms with Crippen molar-refractivity contribution in [3.63, 3.8) is 0 Å². The van der Waals surface area contributed by atoms with E-state index >= 15 is 0 Å². The van der Waals surface area contributed by atoms with Crippen molar-refractivity contribution in [1.82, 2.24) is 5.32 Å². The molecule has 0 spiro atoms. The number of carboxylic acids is 1.